The zero-order valence-corrected chi connectivity index (χ0v) is 17.2. The van der Waals surface area contributed by atoms with E-state index in [1.165, 1.54) is 5.17 Å². The van der Waals surface area contributed by atoms with E-state index in [1.54, 1.807) is 0 Å². The number of nitrogens with one attached hydrogen (secondary N) is 1. The van der Waals surface area contributed by atoms with Crippen LogP contribution in [0.5, 0.6) is 0 Å². The van der Waals surface area contributed by atoms with Crippen LogP contribution < -0.4 is 11.2 Å². The minimum Gasteiger partial charge on any atom is -0.453 e. The predicted octanol–water partition coefficient (Wildman–Crippen LogP) is 1.86. The summed E-state index contributed by atoms with van der Waals surface area (Å²) in [6.45, 7) is 6.90. The first-order chi connectivity index (χ1) is 12.5. The maximum atomic E-state index is 12.4. The van der Waals surface area contributed by atoms with E-state index in [0.29, 0.717) is 25.3 Å². The van der Waals surface area contributed by atoms with Gasteiger partial charge in [0.1, 0.15) is 0 Å². The van der Waals surface area contributed by atoms with Gasteiger partial charge in [-0.05, 0) is 12.8 Å². The van der Waals surface area contributed by atoms with Gasteiger partial charge in [-0.25, -0.2) is 5.43 Å². The van der Waals surface area contributed by atoms with Gasteiger partial charge in [0.25, 0.3) is 0 Å². The molecule has 1 fully saturated rings. The van der Waals surface area contributed by atoms with Crippen LogP contribution in [-0.2, 0) is 19.2 Å². The topological polar surface area (TPSA) is 93.9 Å². The van der Waals surface area contributed by atoms with Crippen LogP contribution in [0.25, 0.3) is 0 Å². The normalized spacial score (nSPS) is 24.1. The molecule has 2 unspecified atom stereocenters. The van der Waals surface area contributed by atoms with Crippen LogP contribution in [0.1, 0.15) is 59.3 Å². The Kier molecular flexibility index (Phi) is 11.4. The first kappa shape index (κ1) is 23.4. The molecule has 0 bridgehead atoms. The molecule has 0 aliphatic carbocycles. The van der Waals surface area contributed by atoms with Crippen molar-refractivity contribution in [3.63, 3.8) is 0 Å². The van der Waals surface area contributed by atoms with E-state index in [2.05, 4.69) is 25.0 Å². The van der Waals surface area contributed by atoms with Gasteiger partial charge < -0.3 is 10.5 Å². The summed E-state index contributed by atoms with van der Waals surface area (Å²) in [4.78, 5) is 30.6. The fraction of sp³-hybridized carbons (Fsp3) is 0.889. The van der Waals surface area contributed by atoms with Crippen molar-refractivity contribution in [2.24, 2.45) is 11.7 Å². The molecule has 1 aliphatic heterocycles. The highest BCUT2D eigenvalue weighted by molar-refractivity contribution is 7.80. The third-order valence-electron chi connectivity index (χ3n) is 4.53. The highest BCUT2D eigenvalue weighted by Gasteiger charge is 2.48. The number of cyclic esters (lactones) is 1. The molecular weight excluding hydrogens is 354 g/mol. The van der Waals surface area contributed by atoms with E-state index < -0.39 is 18.1 Å². The number of ketones is 1. The van der Waals surface area contributed by atoms with Crippen molar-refractivity contribution < 1.29 is 19.2 Å². The second kappa shape index (κ2) is 12.7. The van der Waals surface area contributed by atoms with E-state index in [1.807, 2.05) is 13.8 Å². The second-order valence-electron chi connectivity index (χ2n) is 6.90. The minimum absolute atomic E-state index is 0.0202. The molecule has 1 aliphatic rings. The zero-order valence-electron chi connectivity index (χ0n) is 16.3. The van der Waals surface area contributed by atoms with E-state index in [0.717, 1.165) is 32.1 Å². The molecule has 0 spiro atoms. The van der Waals surface area contributed by atoms with Gasteiger partial charge in [0.2, 0.25) is 0 Å². The summed E-state index contributed by atoms with van der Waals surface area (Å²) < 4.78 is 5.39. The molecule has 1 heterocycles. The number of carbonyl (C=O) groups excluding carboxylic acids is 2. The highest BCUT2D eigenvalue weighted by Crippen LogP contribution is 2.28. The van der Waals surface area contributed by atoms with Crippen molar-refractivity contribution in [1.82, 2.24) is 10.6 Å². The molecule has 0 aromatic rings. The summed E-state index contributed by atoms with van der Waals surface area (Å²) in [5, 5.41) is 1.44. The monoisotopic (exact) mass is 389 g/mol. The Morgan fingerprint density at radius 1 is 1.35 bits per heavy atom. The number of Topliss-reactive ketones (excluding diaryl/α,β-unsaturated/α-hetero) is 1. The van der Waals surface area contributed by atoms with Crippen LogP contribution in [0.2, 0.25) is 0 Å². The molecule has 26 heavy (non-hydrogen) atoms. The van der Waals surface area contributed by atoms with Gasteiger partial charge in [-0.1, -0.05) is 40.0 Å². The standard InChI is InChI=1S/C18H35N3O4S/c1-4-6-8-10-24-21(20-11-14(19)12-26)16-13(3)17(25-18(16)23)15(22)9-7-5-2/h13-14,16-17,20,26H,4-12,19H2,1-3H3/t13-,14?,16+,17?/m0/s1. The maximum Gasteiger partial charge on any atom is 0.328 e. The summed E-state index contributed by atoms with van der Waals surface area (Å²) in [6, 6.07) is -0.839. The Balaban J connectivity index is 2.75. The molecule has 1 saturated heterocycles. The van der Waals surface area contributed by atoms with Gasteiger partial charge in [-0.15, -0.1) is 5.17 Å². The molecule has 4 atom stereocenters. The molecule has 0 aromatic heterocycles. The second-order valence-corrected chi connectivity index (χ2v) is 7.27. The number of nitrogens with zero attached hydrogens (tertiary/aromatic N) is 1. The lowest BCUT2D eigenvalue weighted by Gasteiger charge is -2.29. The van der Waals surface area contributed by atoms with Crippen LogP contribution >= 0.6 is 12.6 Å². The Morgan fingerprint density at radius 3 is 2.65 bits per heavy atom. The van der Waals surface area contributed by atoms with Crippen molar-refractivity contribution in [3.05, 3.63) is 0 Å². The summed E-state index contributed by atoms with van der Waals surface area (Å²) in [7, 11) is 0. The fourth-order valence-corrected chi connectivity index (χ4v) is 2.98. The Bertz CT molecular complexity index is 439. The number of hydroxylamine groups is 1. The van der Waals surface area contributed by atoms with Crippen molar-refractivity contribution in [2.75, 3.05) is 18.9 Å². The summed E-state index contributed by atoms with van der Waals surface area (Å²) in [5.74, 6) is -0.236. The molecule has 0 radical (unpaired) electrons. The smallest absolute Gasteiger partial charge is 0.328 e. The summed E-state index contributed by atoms with van der Waals surface area (Å²) in [6.07, 6.45) is 4.48. The molecule has 0 saturated carbocycles. The SMILES string of the molecule is CCCCCON(NCC(N)CS)[C@H]1C(=O)OC(C(=O)CCCC)[C@H]1C. The zero-order chi connectivity index (χ0) is 19.5. The van der Waals surface area contributed by atoms with Crippen LogP contribution in [0.15, 0.2) is 0 Å². The van der Waals surface area contributed by atoms with Crippen molar-refractivity contribution >= 4 is 24.4 Å². The number of esters is 1. The van der Waals surface area contributed by atoms with E-state index >= 15 is 0 Å². The van der Waals surface area contributed by atoms with Crippen molar-refractivity contribution in [3.8, 4) is 0 Å². The molecule has 3 N–H and O–H groups in total. The van der Waals surface area contributed by atoms with Gasteiger partial charge in [-0.3, -0.25) is 14.4 Å². The van der Waals surface area contributed by atoms with Gasteiger partial charge in [-0.2, -0.15) is 12.6 Å². The molecule has 8 heteroatoms. The number of hydrogen-bond donors (Lipinski definition) is 3. The molecule has 152 valence electrons. The molecular formula is C18H35N3O4S. The van der Waals surface area contributed by atoms with E-state index in [-0.39, 0.29) is 17.7 Å². The van der Waals surface area contributed by atoms with Crippen LogP contribution in [0.3, 0.4) is 0 Å². The fourth-order valence-electron chi connectivity index (χ4n) is 2.85. The van der Waals surface area contributed by atoms with Crippen molar-refractivity contribution in [2.45, 2.75) is 77.5 Å². The lowest BCUT2D eigenvalue weighted by Crippen LogP contribution is -2.54. The number of rotatable bonds is 14. The molecule has 0 aromatic carbocycles. The minimum atomic E-state index is -0.707. The van der Waals surface area contributed by atoms with Gasteiger partial charge in [0.15, 0.2) is 17.9 Å². The quantitative estimate of drug-likeness (QED) is 0.181. The number of carbonyl (C=O) groups is 2. The molecule has 1 rings (SSSR count). The number of unbranched alkanes of at least 4 members (excludes halogenated alkanes) is 3. The van der Waals surface area contributed by atoms with Crippen LogP contribution in [0.4, 0.5) is 0 Å². The van der Waals surface area contributed by atoms with E-state index in [4.69, 9.17) is 15.3 Å². The van der Waals surface area contributed by atoms with Gasteiger partial charge >= 0.3 is 5.97 Å². The lowest BCUT2D eigenvalue weighted by atomic mass is 9.94. The number of thiol groups is 1. The molecule has 7 nitrogen and oxygen atoms in total. The maximum absolute atomic E-state index is 12.4. The Morgan fingerprint density at radius 2 is 2.04 bits per heavy atom. The largest absolute Gasteiger partial charge is 0.453 e. The lowest BCUT2D eigenvalue weighted by molar-refractivity contribution is -0.227. The number of ether oxygens (including phenoxy) is 1. The average Bonchev–Trinajstić information content (AvgIpc) is 2.93. The third kappa shape index (κ3) is 7.15. The number of nitrogens with two attached hydrogens (primary N) is 1. The average molecular weight is 390 g/mol. The van der Waals surface area contributed by atoms with Crippen LogP contribution in [-0.4, -0.2) is 54.0 Å². The van der Waals surface area contributed by atoms with Crippen LogP contribution in [0, 0.1) is 5.92 Å². The van der Waals surface area contributed by atoms with Gasteiger partial charge in [0, 0.05) is 30.7 Å². The number of hydrazine groups is 1. The highest BCUT2D eigenvalue weighted by atomic mass is 32.1. The van der Waals surface area contributed by atoms with Gasteiger partial charge in [0.05, 0.1) is 6.61 Å². The predicted molar refractivity (Wildman–Crippen MR) is 105 cm³/mol. The summed E-state index contributed by atoms with van der Waals surface area (Å²) >= 11 is 4.17. The number of hydrogen-bond acceptors (Lipinski definition) is 8. The first-order valence-corrected chi connectivity index (χ1v) is 10.3. The summed E-state index contributed by atoms with van der Waals surface area (Å²) in [5.41, 5.74) is 8.98. The Hall–Kier alpha value is -0.670. The van der Waals surface area contributed by atoms with E-state index in [9.17, 15) is 9.59 Å². The Labute approximate surface area is 162 Å². The third-order valence-corrected chi connectivity index (χ3v) is 5.00. The van der Waals surface area contributed by atoms with Crippen molar-refractivity contribution in [1.29, 1.82) is 0 Å². The first-order valence-electron chi connectivity index (χ1n) is 9.71. The molecule has 0 amide bonds.